The molecule has 3 nitrogen and oxygen atoms in total. The lowest BCUT2D eigenvalue weighted by Gasteiger charge is -2.32. The molecule has 4 unspecified atom stereocenters. The van der Waals surface area contributed by atoms with E-state index in [2.05, 4.69) is 4.90 Å². The van der Waals surface area contributed by atoms with Crippen molar-refractivity contribution in [1.29, 1.82) is 0 Å². The Bertz CT molecular complexity index is 203. The van der Waals surface area contributed by atoms with Gasteiger partial charge in [0.2, 0.25) is 0 Å². The summed E-state index contributed by atoms with van der Waals surface area (Å²) in [6.45, 7) is 2.42. The van der Waals surface area contributed by atoms with Gasteiger partial charge in [-0.25, -0.2) is 0 Å². The maximum atomic E-state index is 9.59. The summed E-state index contributed by atoms with van der Waals surface area (Å²) in [5.74, 6) is 0. The average Bonchev–Trinajstić information content (AvgIpc) is 2.89. The zero-order valence-corrected chi connectivity index (χ0v) is 7.85. The van der Waals surface area contributed by atoms with Gasteiger partial charge < -0.3 is 9.84 Å². The molecule has 3 rings (SSSR count). The van der Waals surface area contributed by atoms with Crippen LogP contribution < -0.4 is 0 Å². The molecule has 3 aliphatic rings. The van der Waals surface area contributed by atoms with Gasteiger partial charge in [0.1, 0.15) is 12.2 Å². The van der Waals surface area contributed by atoms with E-state index in [4.69, 9.17) is 4.74 Å². The average molecular weight is 183 g/mol. The van der Waals surface area contributed by atoms with Crippen LogP contribution in [0.2, 0.25) is 0 Å². The minimum Gasteiger partial charge on any atom is -0.390 e. The number of aliphatic hydroxyl groups excluding tert-OH is 1. The Morgan fingerprint density at radius 1 is 1.08 bits per heavy atom. The fourth-order valence-electron chi connectivity index (χ4n) is 2.88. The van der Waals surface area contributed by atoms with Crippen molar-refractivity contribution in [3.63, 3.8) is 0 Å². The van der Waals surface area contributed by atoms with E-state index >= 15 is 0 Å². The molecule has 0 spiro atoms. The van der Waals surface area contributed by atoms with E-state index in [1.54, 1.807) is 0 Å². The van der Waals surface area contributed by atoms with Crippen LogP contribution >= 0.6 is 0 Å². The zero-order chi connectivity index (χ0) is 8.84. The molecule has 0 aromatic carbocycles. The highest BCUT2D eigenvalue weighted by atomic mass is 16.6. The van der Waals surface area contributed by atoms with Gasteiger partial charge in [-0.3, -0.25) is 4.90 Å². The first kappa shape index (κ1) is 8.21. The number of hydrogen-bond donors (Lipinski definition) is 1. The Hall–Kier alpha value is -0.120. The summed E-state index contributed by atoms with van der Waals surface area (Å²) in [6, 6.07) is 0.528. The molecular formula is C10H17NO2. The molecular weight excluding hydrogens is 166 g/mol. The molecule has 0 amide bonds. The van der Waals surface area contributed by atoms with E-state index in [1.165, 1.54) is 32.4 Å². The number of rotatable bonds is 1. The zero-order valence-electron chi connectivity index (χ0n) is 7.85. The molecule has 1 aliphatic carbocycles. The minimum absolute atomic E-state index is 0.183. The summed E-state index contributed by atoms with van der Waals surface area (Å²) >= 11 is 0. The summed E-state index contributed by atoms with van der Waals surface area (Å²) in [5.41, 5.74) is 0. The third-order valence-corrected chi connectivity index (χ3v) is 3.66. The van der Waals surface area contributed by atoms with Crippen molar-refractivity contribution in [2.24, 2.45) is 0 Å². The Labute approximate surface area is 78.7 Å². The molecule has 0 aromatic rings. The minimum atomic E-state index is -0.183. The topological polar surface area (TPSA) is 36.0 Å². The SMILES string of the molecule is OC1CC(N2CCCCC2)C2OC12. The summed E-state index contributed by atoms with van der Waals surface area (Å²) in [6.07, 6.45) is 5.33. The Morgan fingerprint density at radius 2 is 1.85 bits per heavy atom. The molecule has 3 fully saturated rings. The van der Waals surface area contributed by atoms with Crippen molar-refractivity contribution in [1.82, 2.24) is 4.90 Å². The van der Waals surface area contributed by atoms with Gasteiger partial charge in [0, 0.05) is 6.04 Å². The maximum Gasteiger partial charge on any atom is 0.112 e. The van der Waals surface area contributed by atoms with Crippen molar-refractivity contribution in [2.45, 2.75) is 50.0 Å². The predicted octanol–water partition coefficient (Wildman–Crippen LogP) is 0.373. The standard InChI is InChI=1S/C10H17NO2/c12-8-6-7(9-10(8)13-9)11-4-2-1-3-5-11/h7-10,12H,1-6H2. The van der Waals surface area contributed by atoms with Crippen molar-refractivity contribution in [2.75, 3.05) is 13.1 Å². The van der Waals surface area contributed by atoms with E-state index in [9.17, 15) is 5.11 Å². The lowest BCUT2D eigenvalue weighted by Crippen LogP contribution is -2.41. The molecule has 3 heteroatoms. The van der Waals surface area contributed by atoms with E-state index < -0.39 is 0 Å². The van der Waals surface area contributed by atoms with Gasteiger partial charge in [0.05, 0.1) is 6.10 Å². The summed E-state index contributed by atoms with van der Waals surface area (Å²) in [4.78, 5) is 2.52. The molecule has 2 saturated heterocycles. The van der Waals surface area contributed by atoms with Crippen LogP contribution in [0.25, 0.3) is 0 Å². The molecule has 1 N–H and O–H groups in total. The maximum absolute atomic E-state index is 9.59. The van der Waals surface area contributed by atoms with Gasteiger partial charge in [-0.1, -0.05) is 6.42 Å². The number of piperidine rings is 1. The lowest BCUT2D eigenvalue weighted by molar-refractivity contribution is 0.0612. The highest BCUT2D eigenvalue weighted by molar-refractivity contribution is 5.08. The van der Waals surface area contributed by atoms with Gasteiger partial charge in [-0.2, -0.15) is 0 Å². The van der Waals surface area contributed by atoms with Crippen molar-refractivity contribution in [3.05, 3.63) is 0 Å². The van der Waals surface area contributed by atoms with E-state index in [-0.39, 0.29) is 12.2 Å². The van der Waals surface area contributed by atoms with E-state index in [0.29, 0.717) is 12.1 Å². The van der Waals surface area contributed by atoms with Crippen LogP contribution in [0.4, 0.5) is 0 Å². The van der Waals surface area contributed by atoms with Crippen molar-refractivity contribution >= 4 is 0 Å². The molecule has 0 radical (unpaired) electrons. The second-order valence-corrected chi connectivity index (χ2v) is 4.53. The quantitative estimate of drug-likeness (QED) is 0.597. The van der Waals surface area contributed by atoms with Gasteiger partial charge in [0.15, 0.2) is 0 Å². The first-order chi connectivity index (χ1) is 6.36. The number of epoxide rings is 1. The third-order valence-electron chi connectivity index (χ3n) is 3.66. The lowest BCUT2D eigenvalue weighted by atomic mass is 10.1. The Morgan fingerprint density at radius 3 is 2.38 bits per heavy atom. The van der Waals surface area contributed by atoms with E-state index in [1.807, 2.05) is 0 Å². The third kappa shape index (κ3) is 1.30. The van der Waals surface area contributed by atoms with Gasteiger partial charge in [-0.15, -0.1) is 0 Å². The van der Waals surface area contributed by atoms with E-state index in [0.717, 1.165) is 6.42 Å². The monoisotopic (exact) mass is 183 g/mol. The van der Waals surface area contributed by atoms with Crippen LogP contribution in [0, 0.1) is 0 Å². The molecule has 13 heavy (non-hydrogen) atoms. The van der Waals surface area contributed by atoms with Crippen molar-refractivity contribution in [3.8, 4) is 0 Å². The summed E-state index contributed by atoms with van der Waals surface area (Å²) in [5, 5.41) is 9.59. The normalized spacial score (nSPS) is 50.5. The molecule has 0 aromatic heterocycles. The summed E-state index contributed by atoms with van der Waals surface area (Å²) in [7, 11) is 0. The Kier molecular flexibility index (Phi) is 1.86. The van der Waals surface area contributed by atoms with Gasteiger partial charge in [0.25, 0.3) is 0 Å². The molecule has 2 aliphatic heterocycles. The number of hydrogen-bond acceptors (Lipinski definition) is 3. The highest BCUT2D eigenvalue weighted by Crippen LogP contribution is 2.42. The first-order valence-corrected chi connectivity index (χ1v) is 5.44. The number of likely N-dealkylation sites (tertiary alicyclic amines) is 1. The number of aliphatic hydroxyl groups is 1. The number of nitrogens with zero attached hydrogens (tertiary/aromatic N) is 1. The number of fused-ring (bicyclic) bond motifs is 1. The van der Waals surface area contributed by atoms with Crippen LogP contribution in [0.5, 0.6) is 0 Å². The van der Waals surface area contributed by atoms with Crippen LogP contribution in [0.1, 0.15) is 25.7 Å². The van der Waals surface area contributed by atoms with Gasteiger partial charge >= 0.3 is 0 Å². The van der Waals surface area contributed by atoms with Crippen LogP contribution in [-0.4, -0.2) is 47.4 Å². The molecule has 1 saturated carbocycles. The number of ether oxygens (including phenoxy) is 1. The fourth-order valence-corrected chi connectivity index (χ4v) is 2.88. The second-order valence-electron chi connectivity index (χ2n) is 4.53. The summed E-state index contributed by atoms with van der Waals surface area (Å²) < 4.78 is 5.44. The van der Waals surface area contributed by atoms with Crippen LogP contribution in [0.3, 0.4) is 0 Å². The van der Waals surface area contributed by atoms with Gasteiger partial charge in [-0.05, 0) is 32.4 Å². The van der Waals surface area contributed by atoms with Crippen molar-refractivity contribution < 1.29 is 9.84 Å². The highest BCUT2D eigenvalue weighted by Gasteiger charge is 2.57. The van der Waals surface area contributed by atoms with Crippen LogP contribution in [0.15, 0.2) is 0 Å². The molecule has 2 heterocycles. The van der Waals surface area contributed by atoms with Crippen LogP contribution in [-0.2, 0) is 4.74 Å². The molecule has 0 bridgehead atoms. The fraction of sp³-hybridized carbons (Fsp3) is 1.00. The smallest absolute Gasteiger partial charge is 0.112 e. The molecule has 74 valence electrons. The first-order valence-electron chi connectivity index (χ1n) is 5.44. The Balaban J connectivity index is 1.65. The molecule has 4 atom stereocenters. The second kappa shape index (κ2) is 2.94. The largest absolute Gasteiger partial charge is 0.390 e. The predicted molar refractivity (Wildman–Crippen MR) is 48.5 cm³/mol.